The van der Waals surface area contributed by atoms with Crippen molar-refractivity contribution in [2.24, 2.45) is 0 Å². The van der Waals surface area contributed by atoms with Gasteiger partial charge in [-0.05, 0) is 45.8 Å². The highest BCUT2D eigenvalue weighted by atomic mass is 19.3. The Hall–Kier alpha value is -3.03. The molecule has 0 radical (unpaired) electrons. The molecule has 0 fully saturated rings. The average Bonchev–Trinajstić information content (AvgIpc) is 2.69. The highest BCUT2D eigenvalue weighted by Crippen LogP contribution is 2.37. The van der Waals surface area contributed by atoms with Crippen LogP contribution in [0.1, 0.15) is 62.9 Å². The van der Waals surface area contributed by atoms with E-state index < -0.39 is 17.6 Å². The Balaban J connectivity index is 1.66. The zero-order chi connectivity index (χ0) is 23.5. The van der Waals surface area contributed by atoms with Crippen molar-refractivity contribution >= 4 is 28.5 Å². The van der Waals surface area contributed by atoms with Gasteiger partial charge in [0.2, 0.25) is 0 Å². The number of allylic oxidation sites excluding steroid dienone is 2. The third kappa shape index (κ3) is 6.24. The standard InChI is InChI=1S/C24H29F2N3O3/c1-15(29-22(31)32-23(2,3)4)13-28-21(30)18-12-17-6-5-7-19(20(17)27-14-18)16-8-10-24(25,26)11-9-16/h5-8,12,14-15H,9-11,13H2,1-4H3,(H,28,30)(H,29,31)/t15-/m1/s1. The van der Waals surface area contributed by atoms with Gasteiger partial charge in [-0.2, -0.15) is 0 Å². The Morgan fingerprint density at radius 2 is 2.03 bits per heavy atom. The molecule has 0 saturated heterocycles. The van der Waals surface area contributed by atoms with Crippen LogP contribution in [0.2, 0.25) is 0 Å². The molecule has 8 heteroatoms. The number of benzene rings is 1. The average molecular weight is 446 g/mol. The number of alkyl carbamates (subject to hydrolysis) is 1. The van der Waals surface area contributed by atoms with E-state index in [-0.39, 0.29) is 31.3 Å². The first-order valence-corrected chi connectivity index (χ1v) is 10.7. The molecule has 1 atom stereocenters. The fourth-order valence-corrected chi connectivity index (χ4v) is 3.49. The van der Waals surface area contributed by atoms with Gasteiger partial charge in [-0.3, -0.25) is 9.78 Å². The lowest BCUT2D eigenvalue weighted by molar-refractivity contribution is -0.00604. The van der Waals surface area contributed by atoms with Crippen molar-refractivity contribution in [2.75, 3.05) is 6.54 Å². The highest BCUT2D eigenvalue weighted by Gasteiger charge is 2.31. The number of aromatic nitrogens is 1. The molecule has 0 bridgehead atoms. The summed E-state index contributed by atoms with van der Waals surface area (Å²) in [5.74, 6) is -2.97. The molecule has 0 unspecified atom stereocenters. The van der Waals surface area contributed by atoms with Crippen LogP contribution in [0.5, 0.6) is 0 Å². The van der Waals surface area contributed by atoms with Crippen molar-refractivity contribution in [3.05, 3.63) is 47.7 Å². The quantitative estimate of drug-likeness (QED) is 0.673. The summed E-state index contributed by atoms with van der Waals surface area (Å²) in [6.07, 6.45) is 2.36. The molecule has 172 valence electrons. The number of alkyl halides is 2. The van der Waals surface area contributed by atoms with Crippen LogP contribution in [0.25, 0.3) is 16.5 Å². The Morgan fingerprint density at radius 1 is 1.28 bits per heavy atom. The summed E-state index contributed by atoms with van der Waals surface area (Å²) in [4.78, 5) is 28.9. The summed E-state index contributed by atoms with van der Waals surface area (Å²) in [5, 5.41) is 6.20. The fourth-order valence-electron chi connectivity index (χ4n) is 3.49. The number of rotatable bonds is 5. The second-order valence-corrected chi connectivity index (χ2v) is 9.15. The van der Waals surface area contributed by atoms with Gasteiger partial charge in [0.15, 0.2) is 0 Å². The van der Waals surface area contributed by atoms with Gasteiger partial charge >= 0.3 is 6.09 Å². The molecule has 0 spiro atoms. The Bertz CT molecular complexity index is 1040. The molecule has 1 aromatic heterocycles. The number of fused-ring (bicyclic) bond motifs is 1. The van der Waals surface area contributed by atoms with Crippen molar-refractivity contribution in [1.82, 2.24) is 15.6 Å². The maximum atomic E-state index is 13.5. The Kier molecular flexibility index (Phi) is 6.81. The summed E-state index contributed by atoms with van der Waals surface area (Å²) in [6.45, 7) is 7.31. The summed E-state index contributed by atoms with van der Waals surface area (Å²) in [7, 11) is 0. The fraction of sp³-hybridized carbons (Fsp3) is 0.458. The van der Waals surface area contributed by atoms with Gasteiger partial charge in [-0.25, -0.2) is 13.6 Å². The lowest BCUT2D eigenvalue weighted by atomic mass is 9.90. The SMILES string of the molecule is C[C@H](CNC(=O)c1cnc2c(C3=CCC(F)(F)CC3)cccc2c1)NC(=O)OC(C)(C)C. The van der Waals surface area contributed by atoms with Crippen LogP contribution in [0.15, 0.2) is 36.5 Å². The van der Waals surface area contributed by atoms with Gasteiger partial charge in [0.25, 0.3) is 11.8 Å². The van der Waals surface area contributed by atoms with E-state index in [0.29, 0.717) is 17.5 Å². The first-order chi connectivity index (χ1) is 14.9. The highest BCUT2D eigenvalue weighted by molar-refractivity contribution is 5.99. The van der Waals surface area contributed by atoms with E-state index >= 15 is 0 Å². The van der Waals surface area contributed by atoms with Gasteiger partial charge < -0.3 is 15.4 Å². The van der Waals surface area contributed by atoms with E-state index in [9.17, 15) is 18.4 Å². The number of amides is 2. The normalized spacial score (nSPS) is 16.8. The van der Waals surface area contributed by atoms with Crippen molar-refractivity contribution in [2.45, 2.75) is 64.5 Å². The number of halogens is 2. The minimum Gasteiger partial charge on any atom is -0.444 e. The molecular weight excluding hydrogens is 416 g/mol. The lowest BCUT2D eigenvalue weighted by Gasteiger charge is -2.22. The molecule has 1 aromatic carbocycles. The van der Waals surface area contributed by atoms with Crippen LogP contribution in [-0.2, 0) is 4.74 Å². The number of nitrogens with zero attached hydrogens (tertiary/aromatic N) is 1. The minimum absolute atomic E-state index is 0.175. The molecule has 2 amide bonds. The maximum Gasteiger partial charge on any atom is 0.407 e. The van der Waals surface area contributed by atoms with Crippen molar-refractivity contribution < 1.29 is 23.1 Å². The van der Waals surface area contributed by atoms with Gasteiger partial charge in [-0.15, -0.1) is 0 Å². The molecule has 1 aliphatic rings. The predicted octanol–water partition coefficient (Wildman–Crippen LogP) is 5.08. The number of carbonyl (C=O) groups is 2. The number of ether oxygens (including phenoxy) is 1. The number of carbonyl (C=O) groups excluding carboxylic acids is 2. The Labute approximate surface area is 186 Å². The molecule has 6 nitrogen and oxygen atoms in total. The van der Waals surface area contributed by atoms with Gasteiger partial charge in [0, 0.05) is 42.6 Å². The number of nitrogens with one attached hydrogen (secondary N) is 2. The van der Waals surface area contributed by atoms with Gasteiger partial charge in [-0.1, -0.05) is 24.3 Å². The van der Waals surface area contributed by atoms with E-state index in [1.165, 1.54) is 6.20 Å². The van der Waals surface area contributed by atoms with Gasteiger partial charge in [0.05, 0.1) is 11.1 Å². The largest absolute Gasteiger partial charge is 0.444 e. The topological polar surface area (TPSA) is 80.3 Å². The van der Waals surface area contributed by atoms with E-state index in [1.54, 1.807) is 39.8 Å². The lowest BCUT2D eigenvalue weighted by Crippen LogP contribution is -2.43. The van der Waals surface area contributed by atoms with Crippen LogP contribution in [0.4, 0.5) is 13.6 Å². The number of pyridine rings is 1. The second-order valence-electron chi connectivity index (χ2n) is 9.15. The monoisotopic (exact) mass is 445 g/mol. The zero-order valence-corrected chi connectivity index (χ0v) is 18.8. The molecular formula is C24H29F2N3O3. The first kappa shape index (κ1) is 23.6. The Morgan fingerprint density at radius 3 is 2.69 bits per heavy atom. The van der Waals surface area contributed by atoms with E-state index in [2.05, 4.69) is 15.6 Å². The zero-order valence-electron chi connectivity index (χ0n) is 18.8. The second kappa shape index (κ2) is 9.22. The summed E-state index contributed by atoms with van der Waals surface area (Å²) >= 11 is 0. The molecule has 0 saturated carbocycles. The smallest absolute Gasteiger partial charge is 0.407 e. The number of hydrogen-bond acceptors (Lipinski definition) is 4. The summed E-state index contributed by atoms with van der Waals surface area (Å²) < 4.78 is 32.2. The van der Waals surface area contributed by atoms with Crippen LogP contribution in [-0.4, -0.2) is 41.1 Å². The minimum atomic E-state index is -2.65. The van der Waals surface area contributed by atoms with Crippen LogP contribution < -0.4 is 10.6 Å². The molecule has 1 aliphatic carbocycles. The van der Waals surface area contributed by atoms with E-state index in [1.807, 2.05) is 18.2 Å². The van der Waals surface area contributed by atoms with Crippen molar-refractivity contribution in [1.29, 1.82) is 0 Å². The van der Waals surface area contributed by atoms with E-state index in [4.69, 9.17) is 4.74 Å². The maximum absolute atomic E-state index is 13.5. The molecule has 1 heterocycles. The summed E-state index contributed by atoms with van der Waals surface area (Å²) in [6, 6.07) is 6.94. The van der Waals surface area contributed by atoms with E-state index in [0.717, 1.165) is 16.5 Å². The van der Waals surface area contributed by atoms with Crippen LogP contribution in [0, 0.1) is 0 Å². The predicted molar refractivity (Wildman–Crippen MR) is 120 cm³/mol. The van der Waals surface area contributed by atoms with Gasteiger partial charge in [0.1, 0.15) is 5.60 Å². The van der Waals surface area contributed by atoms with Crippen molar-refractivity contribution in [3.63, 3.8) is 0 Å². The first-order valence-electron chi connectivity index (χ1n) is 10.7. The summed E-state index contributed by atoms with van der Waals surface area (Å²) in [5.41, 5.74) is 2.13. The molecule has 3 rings (SSSR count). The molecule has 0 aliphatic heterocycles. The molecule has 32 heavy (non-hydrogen) atoms. The number of para-hydroxylation sites is 1. The third-order valence-electron chi connectivity index (χ3n) is 5.06. The molecule has 2 aromatic rings. The number of hydrogen-bond donors (Lipinski definition) is 2. The van der Waals surface area contributed by atoms with Crippen LogP contribution in [0.3, 0.4) is 0 Å². The van der Waals surface area contributed by atoms with Crippen LogP contribution >= 0.6 is 0 Å². The van der Waals surface area contributed by atoms with Crippen molar-refractivity contribution in [3.8, 4) is 0 Å². The third-order valence-corrected chi connectivity index (χ3v) is 5.06. The molecule has 2 N–H and O–H groups in total.